The Morgan fingerprint density at radius 1 is 1.00 bits per heavy atom. The molecule has 2 aromatic carbocycles. The lowest BCUT2D eigenvalue weighted by Crippen LogP contribution is -2.42. The summed E-state index contributed by atoms with van der Waals surface area (Å²) in [5, 5.41) is 0. The smallest absolute Gasteiger partial charge is 0.233 e. The molecule has 1 fully saturated rings. The first-order valence-electron chi connectivity index (χ1n) is 9.85. The third-order valence-electron chi connectivity index (χ3n) is 5.98. The van der Waals surface area contributed by atoms with Crippen LogP contribution < -0.4 is 9.21 Å². The lowest BCUT2D eigenvalue weighted by Gasteiger charge is -2.27. The highest BCUT2D eigenvalue weighted by molar-refractivity contribution is 7.92. The zero-order valence-electron chi connectivity index (χ0n) is 17.1. The first-order valence-corrected chi connectivity index (χ1v) is 11.7. The highest BCUT2D eigenvalue weighted by atomic mass is 32.2. The number of benzene rings is 2. The Morgan fingerprint density at radius 2 is 1.66 bits per heavy atom. The van der Waals surface area contributed by atoms with Crippen molar-refractivity contribution in [3.8, 4) is 0 Å². The van der Waals surface area contributed by atoms with Crippen LogP contribution in [-0.2, 0) is 26.8 Å². The van der Waals surface area contributed by atoms with E-state index in [0.717, 1.165) is 29.7 Å². The fourth-order valence-electron chi connectivity index (χ4n) is 4.15. The standard InChI is InChI=1S/C22H27N3O3S/c1-23(2)19-10-8-18(9-11-19)22(12-13-22)21(26)24-14-15-25(29(3,27)28)20-7-5-4-6-17(20)16-24/h4-11H,12-16H2,1-3H3. The van der Waals surface area contributed by atoms with Crippen molar-refractivity contribution in [3.05, 3.63) is 59.7 Å². The molecule has 1 aliphatic carbocycles. The van der Waals surface area contributed by atoms with Crippen molar-refractivity contribution < 1.29 is 13.2 Å². The Morgan fingerprint density at radius 3 is 2.24 bits per heavy atom. The molecule has 0 radical (unpaired) electrons. The van der Waals surface area contributed by atoms with Crippen LogP contribution in [-0.4, -0.2) is 52.7 Å². The summed E-state index contributed by atoms with van der Waals surface area (Å²) in [7, 11) is 0.585. The van der Waals surface area contributed by atoms with E-state index < -0.39 is 15.4 Å². The lowest BCUT2D eigenvalue weighted by atomic mass is 9.93. The molecular formula is C22H27N3O3S. The summed E-state index contributed by atoms with van der Waals surface area (Å²) in [5.74, 6) is 0.0975. The van der Waals surface area contributed by atoms with E-state index in [-0.39, 0.29) is 12.5 Å². The van der Waals surface area contributed by atoms with E-state index in [9.17, 15) is 13.2 Å². The van der Waals surface area contributed by atoms with E-state index in [1.54, 1.807) is 0 Å². The second-order valence-electron chi connectivity index (χ2n) is 8.21. The zero-order valence-corrected chi connectivity index (χ0v) is 17.9. The van der Waals surface area contributed by atoms with Crippen molar-refractivity contribution >= 4 is 27.3 Å². The Labute approximate surface area is 172 Å². The molecule has 1 aliphatic heterocycles. The van der Waals surface area contributed by atoms with Gasteiger partial charge in [-0.1, -0.05) is 30.3 Å². The number of carbonyl (C=O) groups excluding carboxylic acids is 1. The molecule has 29 heavy (non-hydrogen) atoms. The molecule has 0 atom stereocenters. The Kier molecular flexibility index (Phi) is 4.81. The van der Waals surface area contributed by atoms with Gasteiger partial charge >= 0.3 is 0 Å². The van der Waals surface area contributed by atoms with E-state index in [1.807, 2.05) is 60.3 Å². The van der Waals surface area contributed by atoms with Crippen LogP contribution in [0.3, 0.4) is 0 Å². The first-order chi connectivity index (χ1) is 13.7. The van der Waals surface area contributed by atoms with Gasteiger partial charge in [0, 0.05) is 32.9 Å². The number of anilines is 2. The van der Waals surface area contributed by atoms with E-state index in [2.05, 4.69) is 12.1 Å². The maximum atomic E-state index is 13.6. The number of sulfonamides is 1. The molecular weight excluding hydrogens is 386 g/mol. The Balaban J connectivity index is 1.63. The molecule has 4 rings (SSSR count). The molecule has 154 valence electrons. The van der Waals surface area contributed by atoms with Crippen molar-refractivity contribution in [2.75, 3.05) is 42.6 Å². The number of nitrogens with zero attached hydrogens (tertiary/aromatic N) is 3. The third kappa shape index (κ3) is 3.59. The molecule has 0 N–H and O–H groups in total. The number of para-hydroxylation sites is 1. The SMILES string of the molecule is CN(C)c1ccc(C2(C(=O)N3CCN(S(C)(=O)=O)c4ccccc4C3)CC2)cc1. The second-order valence-corrected chi connectivity index (χ2v) is 10.1. The first kappa shape index (κ1) is 19.8. The van der Waals surface area contributed by atoms with Gasteiger partial charge in [0.25, 0.3) is 0 Å². The van der Waals surface area contributed by atoms with Crippen molar-refractivity contribution in [3.63, 3.8) is 0 Å². The van der Waals surface area contributed by atoms with Crippen LogP contribution in [0.5, 0.6) is 0 Å². The average Bonchev–Trinajstić information content (AvgIpc) is 3.50. The molecule has 0 unspecified atom stereocenters. The van der Waals surface area contributed by atoms with E-state index in [0.29, 0.717) is 18.8 Å². The molecule has 0 bridgehead atoms. The van der Waals surface area contributed by atoms with Gasteiger partial charge in [-0.25, -0.2) is 8.42 Å². The quantitative estimate of drug-likeness (QED) is 0.773. The summed E-state index contributed by atoms with van der Waals surface area (Å²) in [6.45, 7) is 1.09. The van der Waals surface area contributed by atoms with Crippen molar-refractivity contribution in [2.24, 2.45) is 0 Å². The Hall–Kier alpha value is -2.54. The number of hydrogen-bond acceptors (Lipinski definition) is 4. The predicted octanol–water partition coefficient (Wildman–Crippen LogP) is 2.59. The van der Waals surface area contributed by atoms with E-state index >= 15 is 0 Å². The summed E-state index contributed by atoms with van der Waals surface area (Å²) in [4.78, 5) is 17.4. The minimum atomic E-state index is -3.41. The molecule has 1 saturated carbocycles. The fourth-order valence-corrected chi connectivity index (χ4v) is 5.10. The van der Waals surface area contributed by atoms with Gasteiger partial charge < -0.3 is 9.80 Å². The molecule has 0 spiro atoms. The van der Waals surface area contributed by atoms with Crippen LogP contribution in [0.25, 0.3) is 0 Å². The van der Waals surface area contributed by atoms with Crippen molar-refractivity contribution in [1.29, 1.82) is 0 Å². The number of fused-ring (bicyclic) bond motifs is 1. The van der Waals surface area contributed by atoms with Gasteiger partial charge in [0.2, 0.25) is 15.9 Å². The van der Waals surface area contributed by atoms with Crippen LogP contribution in [0.1, 0.15) is 24.0 Å². The van der Waals surface area contributed by atoms with Crippen LogP contribution in [0.4, 0.5) is 11.4 Å². The number of amides is 1. The van der Waals surface area contributed by atoms with Gasteiger partial charge in [-0.3, -0.25) is 9.10 Å². The van der Waals surface area contributed by atoms with Crippen molar-refractivity contribution in [1.82, 2.24) is 4.90 Å². The molecule has 1 heterocycles. The normalized spacial score (nSPS) is 18.0. The minimum absolute atomic E-state index is 0.0975. The zero-order chi connectivity index (χ0) is 20.8. The summed E-state index contributed by atoms with van der Waals surface area (Å²) >= 11 is 0. The number of carbonyl (C=O) groups is 1. The van der Waals surface area contributed by atoms with Crippen molar-refractivity contribution in [2.45, 2.75) is 24.8 Å². The molecule has 2 aliphatic rings. The molecule has 0 aromatic heterocycles. The molecule has 0 saturated heterocycles. The van der Waals surface area contributed by atoms with Crippen LogP contribution >= 0.6 is 0 Å². The summed E-state index contributed by atoms with van der Waals surface area (Å²) in [6.07, 6.45) is 2.89. The van der Waals surface area contributed by atoms with Gasteiger partial charge in [0.15, 0.2) is 0 Å². The maximum absolute atomic E-state index is 13.6. The summed E-state index contributed by atoms with van der Waals surface area (Å²) in [5.41, 5.74) is 3.21. The second kappa shape index (κ2) is 7.06. The fraction of sp³-hybridized carbons (Fsp3) is 0.409. The largest absolute Gasteiger partial charge is 0.378 e. The van der Waals surface area contributed by atoms with Crippen LogP contribution in [0, 0.1) is 0 Å². The predicted molar refractivity (Wildman–Crippen MR) is 116 cm³/mol. The molecule has 2 aromatic rings. The van der Waals surface area contributed by atoms with E-state index in [1.165, 1.54) is 10.6 Å². The monoisotopic (exact) mass is 413 g/mol. The highest BCUT2D eigenvalue weighted by Gasteiger charge is 2.53. The van der Waals surface area contributed by atoms with Gasteiger partial charge in [-0.2, -0.15) is 0 Å². The summed E-state index contributed by atoms with van der Waals surface area (Å²) in [6, 6.07) is 15.6. The number of hydrogen-bond donors (Lipinski definition) is 0. The van der Waals surface area contributed by atoms with Gasteiger partial charge in [0.05, 0.1) is 23.9 Å². The molecule has 1 amide bonds. The van der Waals surface area contributed by atoms with Gasteiger partial charge in [0.1, 0.15) is 0 Å². The van der Waals surface area contributed by atoms with Gasteiger partial charge in [-0.05, 0) is 42.2 Å². The highest BCUT2D eigenvalue weighted by Crippen LogP contribution is 2.50. The summed E-state index contributed by atoms with van der Waals surface area (Å²) < 4.78 is 26.0. The average molecular weight is 414 g/mol. The molecule has 7 heteroatoms. The lowest BCUT2D eigenvalue weighted by molar-refractivity contribution is -0.134. The van der Waals surface area contributed by atoms with E-state index in [4.69, 9.17) is 0 Å². The molecule has 6 nitrogen and oxygen atoms in total. The van der Waals surface area contributed by atoms with Crippen LogP contribution in [0.2, 0.25) is 0 Å². The Bertz CT molecular complexity index is 1030. The van der Waals surface area contributed by atoms with Gasteiger partial charge in [-0.15, -0.1) is 0 Å². The minimum Gasteiger partial charge on any atom is -0.378 e. The maximum Gasteiger partial charge on any atom is 0.233 e. The van der Waals surface area contributed by atoms with Crippen LogP contribution in [0.15, 0.2) is 48.5 Å². The topological polar surface area (TPSA) is 60.9 Å². The third-order valence-corrected chi connectivity index (χ3v) is 7.16. The number of rotatable bonds is 4.